The number of benzene rings is 2. The summed E-state index contributed by atoms with van der Waals surface area (Å²) in [5, 5.41) is 7.00. The van der Waals surface area contributed by atoms with Crippen LogP contribution in [0.5, 0.6) is 0 Å². The van der Waals surface area contributed by atoms with Gasteiger partial charge in [0.1, 0.15) is 11.6 Å². The molecule has 2 amide bonds. The fraction of sp³-hybridized carbons (Fsp3) is 0.429. The van der Waals surface area contributed by atoms with E-state index in [4.69, 9.17) is 4.74 Å². The lowest BCUT2D eigenvalue weighted by molar-refractivity contribution is -0.126. The first-order chi connectivity index (χ1) is 16.5. The minimum atomic E-state index is -1.15. The third-order valence-electron chi connectivity index (χ3n) is 6.72. The van der Waals surface area contributed by atoms with Gasteiger partial charge in [-0.1, -0.05) is 61.4 Å². The number of nitrogens with one attached hydrogen (secondary N) is 3. The fourth-order valence-electron chi connectivity index (χ4n) is 4.77. The van der Waals surface area contributed by atoms with Gasteiger partial charge in [-0.25, -0.2) is 4.79 Å². The first-order valence-corrected chi connectivity index (χ1v) is 12.4. The van der Waals surface area contributed by atoms with E-state index >= 15 is 0 Å². The standard InChI is InChI=1S/C28H35N3O3/c1-28(19-22-20-30-25-16-10-9-15-24(22)25,26(32)29-18-17-21-11-5-4-6-12-21)31-27(33)34-23-13-7-2-3-8-14-23/h4-6,9-12,15-16,20,23,30H,2-3,7-8,13-14,17-19H2,1H3,(H,29,32)(H,31,33)/t28-/m0/s1. The molecule has 1 saturated carbocycles. The molecule has 0 bridgehead atoms. The van der Waals surface area contributed by atoms with E-state index in [1.165, 1.54) is 12.8 Å². The normalized spacial score (nSPS) is 16.4. The van der Waals surface area contributed by atoms with Crippen LogP contribution in [0.25, 0.3) is 10.9 Å². The Kier molecular flexibility index (Phi) is 7.88. The number of carbonyl (C=O) groups is 2. The second-order valence-corrected chi connectivity index (χ2v) is 9.50. The summed E-state index contributed by atoms with van der Waals surface area (Å²) in [6.07, 6.45) is 8.68. The molecule has 34 heavy (non-hydrogen) atoms. The summed E-state index contributed by atoms with van der Waals surface area (Å²) in [6.45, 7) is 2.27. The number of ether oxygens (including phenoxy) is 1. The van der Waals surface area contributed by atoms with Gasteiger partial charge in [0.2, 0.25) is 5.91 Å². The molecule has 4 rings (SSSR count). The zero-order valence-electron chi connectivity index (χ0n) is 19.9. The van der Waals surface area contributed by atoms with Crippen molar-refractivity contribution >= 4 is 22.9 Å². The van der Waals surface area contributed by atoms with Crippen molar-refractivity contribution in [3.63, 3.8) is 0 Å². The Hall–Kier alpha value is -3.28. The largest absolute Gasteiger partial charge is 0.446 e. The molecule has 1 atom stereocenters. The van der Waals surface area contributed by atoms with E-state index in [0.717, 1.165) is 54.1 Å². The molecule has 3 aromatic rings. The Bertz CT molecular complexity index is 1090. The lowest BCUT2D eigenvalue weighted by atomic mass is 9.91. The van der Waals surface area contributed by atoms with Gasteiger partial charge in [-0.3, -0.25) is 4.79 Å². The van der Waals surface area contributed by atoms with E-state index in [1.807, 2.05) is 60.8 Å². The number of aromatic nitrogens is 1. The van der Waals surface area contributed by atoms with Crippen molar-refractivity contribution < 1.29 is 14.3 Å². The number of H-pyrrole nitrogens is 1. The maximum absolute atomic E-state index is 13.4. The minimum Gasteiger partial charge on any atom is -0.446 e. The summed E-state index contributed by atoms with van der Waals surface area (Å²) in [5.74, 6) is -0.216. The molecule has 2 aromatic carbocycles. The van der Waals surface area contributed by atoms with Gasteiger partial charge in [0.05, 0.1) is 0 Å². The average molecular weight is 462 g/mol. The first-order valence-electron chi connectivity index (χ1n) is 12.4. The van der Waals surface area contributed by atoms with Crippen LogP contribution in [-0.4, -0.2) is 35.2 Å². The van der Waals surface area contributed by atoms with Gasteiger partial charge in [-0.2, -0.15) is 0 Å². The summed E-state index contributed by atoms with van der Waals surface area (Å²) in [5.41, 5.74) is 1.99. The van der Waals surface area contributed by atoms with E-state index < -0.39 is 11.6 Å². The smallest absolute Gasteiger partial charge is 0.408 e. The van der Waals surface area contributed by atoms with Gasteiger partial charge in [-0.15, -0.1) is 0 Å². The van der Waals surface area contributed by atoms with Gasteiger partial charge in [0, 0.05) is 30.1 Å². The Morgan fingerprint density at radius 2 is 1.71 bits per heavy atom. The molecule has 0 spiro atoms. The second kappa shape index (κ2) is 11.2. The van der Waals surface area contributed by atoms with Crippen LogP contribution in [0.15, 0.2) is 60.8 Å². The summed E-state index contributed by atoms with van der Waals surface area (Å²) in [7, 11) is 0. The van der Waals surface area contributed by atoms with Crippen LogP contribution in [0.4, 0.5) is 4.79 Å². The molecule has 0 aliphatic heterocycles. The minimum absolute atomic E-state index is 0.0824. The highest BCUT2D eigenvalue weighted by Gasteiger charge is 2.37. The van der Waals surface area contributed by atoms with Crippen LogP contribution in [0.1, 0.15) is 56.6 Å². The molecule has 1 aromatic heterocycles. The average Bonchev–Trinajstić information content (AvgIpc) is 3.05. The van der Waals surface area contributed by atoms with Crippen molar-refractivity contribution in [3.05, 3.63) is 71.9 Å². The summed E-state index contributed by atoms with van der Waals surface area (Å²) < 4.78 is 5.76. The predicted molar refractivity (Wildman–Crippen MR) is 135 cm³/mol. The third-order valence-corrected chi connectivity index (χ3v) is 6.72. The number of alkyl carbamates (subject to hydrolysis) is 1. The van der Waals surface area contributed by atoms with E-state index in [1.54, 1.807) is 6.92 Å². The lowest BCUT2D eigenvalue weighted by Gasteiger charge is -2.30. The number of para-hydroxylation sites is 1. The molecule has 0 radical (unpaired) electrons. The SMILES string of the molecule is C[C@@](Cc1c[nH]c2ccccc12)(NC(=O)OC1CCCCCC1)C(=O)NCCc1ccccc1. The van der Waals surface area contributed by atoms with E-state index in [2.05, 4.69) is 15.6 Å². The van der Waals surface area contributed by atoms with Gasteiger partial charge >= 0.3 is 6.09 Å². The molecule has 180 valence electrons. The first kappa shape index (κ1) is 23.9. The highest BCUT2D eigenvalue weighted by molar-refractivity contribution is 5.91. The zero-order valence-corrected chi connectivity index (χ0v) is 19.9. The molecule has 1 aliphatic rings. The Labute approximate surface area is 201 Å². The number of hydrogen-bond donors (Lipinski definition) is 3. The van der Waals surface area contributed by atoms with Crippen molar-refractivity contribution in [3.8, 4) is 0 Å². The molecule has 0 unspecified atom stereocenters. The quantitative estimate of drug-likeness (QED) is 0.399. The Balaban J connectivity index is 1.47. The Morgan fingerprint density at radius 1 is 1.00 bits per heavy atom. The van der Waals surface area contributed by atoms with Gasteiger partial charge < -0.3 is 20.4 Å². The van der Waals surface area contributed by atoms with Gasteiger partial charge in [0.25, 0.3) is 0 Å². The number of aromatic amines is 1. The number of rotatable bonds is 8. The van der Waals surface area contributed by atoms with E-state index in [-0.39, 0.29) is 12.0 Å². The monoisotopic (exact) mass is 461 g/mol. The molecule has 6 heteroatoms. The second-order valence-electron chi connectivity index (χ2n) is 9.50. The van der Waals surface area contributed by atoms with E-state index in [9.17, 15) is 9.59 Å². The lowest BCUT2D eigenvalue weighted by Crippen LogP contribution is -2.58. The molecule has 1 heterocycles. The summed E-state index contributed by atoms with van der Waals surface area (Å²) >= 11 is 0. The number of fused-ring (bicyclic) bond motifs is 1. The van der Waals surface area contributed by atoms with Crippen LogP contribution >= 0.6 is 0 Å². The molecule has 6 nitrogen and oxygen atoms in total. The molecular formula is C28H35N3O3. The molecule has 1 fully saturated rings. The van der Waals surface area contributed by atoms with Crippen molar-refractivity contribution in [2.24, 2.45) is 0 Å². The van der Waals surface area contributed by atoms with Crippen LogP contribution in [0.2, 0.25) is 0 Å². The fourth-order valence-corrected chi connectivity index (χ4v) is 4.77. The molecule has 1 aliphatic carbocycles. The van der Waals surface area contributed by atoms with Crippen molar-refractivity contribution in [2.45, 2.75) is 69.9 Å². The number of carbonyl (C=O) groups excluding carboxylic acids is 2. The number of amides is 2. The van der Waals surface area contributed by atoms with Crippen molar-refractivity contribution in [2.75, 3.05) is 6.54 Å². The van der Waals surface area contributed by atoms with Crippen LogP contribution in [0, 0.1) is 0 Å². The summed E-state index contributed by atoms with van der Waals surface area (Å²) in [4.78, 5) is 29.6. The maximum Gasteiger partial charge on any atom is 0.408 e. The Morgan fingerprint density at radius 3 is 2.47 bits per heavy atom. The molecule has 3 N–H and O–H groups in total. The zero-order chi connectivity index (χ0) is 23.8. The van der Waals surface area contributed by atoms with Gasteiger partial charge in [-0.05, 0) is 56.2 Å². The topological polar surface area (TPSA) is 83.2 Å². The maximum atomic E-state index is 13.4. The number of hydrogen-bond acceptors (Lipinski definition) is 3. The molecule has 0 saturated heterocycles. The van der Waals surface area contributed by atoms with Crippen LogP contribution in [0.3, 0.4) is 0 Å². The third kappa shape index (κ3) is 6.19. The van der Waals surface area contributed by atoms with Gasteiger partial charge in [0.15, 0.2) is 0 Å². The van der Waals surface area contributed by atoms with E-state index in [0.29, 0.717) is 13.0 Å². The summed E-state index contributed by atoms with van der Waals surface area (Å²) in [6, 6.07) is 18.0. The van der Waals surface area contributed by atoms with Crippen LogP contribution < -0.4 is 10.6 Å². The van der Waals surface area contributed by atoms with Crippen LogP contribution in [-0.2, 0) is 22.4 Å². The van der Waals surface area contributed by atoms with Crippen molar-refractivity contribution in [1.29, 1.82) is 0 Å². The van der Waals surface area contributed by atoms with Crippen molar-refractivity contribution in [1.82, 2.24) is 15.6 Å². The highest BCUT2D eigenvalue weighted by atomic mass is 16.6. The predicted octanol–water partition coefficient (Wildman–Crippen LogP) is 5.28. The molecular weight excluding hydrogens is 426 g/mol. The highest BCUT2D eigenvalue weighted by Crippen LogP contribution is 2.24.